The van der Waals surface area contributed by atoms with E-state index in [9.17, 15) is 10.1 Å². The summed E-state index contributed by atoms with van der Waals surface area (Å²) in [7, 11) is 0. The van der Waals surface area contributed by atoms with Crippen molar-refractivity contribution in [2.45, 2.75) is 19.4 Å². The number of hydrogen-bond acceptors (Lipinski definition) is 4. The summed E-state index contributed by atoms with van der Waals surface area (Å²) < 4.78 is 1.72. The topological polar surface area (TPSA) is 73.8 Å². The van der Waals surface area contributed by atoms with Crippen LogP contribution >= 0.6 is 15.9 Å². The molecule has 2 aromatic rings. The molecule has 0 radical (unpaired) electrons. The molecule has 6 nitrogen and oxygen atoms in total. The number of nitro benzene ring substituents is 1. The van der Waals surface area contributed by atoms with Crippen LogP contribution in [0.3, 0.4) is 0 Å². The number of benzene rings is 1. The molecule has 0 fully saturated rings. The third-order valence-corrected chi connectivity index (χ3v) is 3.13. The summed E-state index contributed by atoms with van der Waals surface area (Å²) in [5, 5.41) is 19.8. The van der Waals surface area contributed by atoms with Gasteiger partial charge in [-0.05, 0) is 6.42 Å². The first-order valence-electron chi connectivity index (χ1n) is 5.88. The molecule has 0 saturated heterocycles. The van der Waals surface area contributed by atoms with E-state index in [0.717, 1.165) is 17.4 Å². The molecule has 0 N–H and O–H groups in total. The Bertz CT molecular complexity index is 570. The molecule has 0 saturated carbocycles. The Kier molecular flexibility index (Phi) is 4.62. The normalized spacial score (nSPS) is 10.6. The predicted molar refractivity (Wildman–Crippen MR) is 74.3 cm³/mol. The average molecular weight is 325 g/mol. The number of aromatic nitrogens is 3. The maximum absolute atomic E-state index is 10.9. The van der Waals surface area contributed by atoms with Crippen molar-refractivity contribution in [2.75, 3.05) is 5.33 Å². The molecule has 19 heavy (non-hydrogen) atoms. The van der Waals surface area contributed by atoms with Crippen molar-refractivity contribution < 1.29 is 4.92 Å². The maximum Gasteiger partial charge on any atom is 0.272 e. The second-order valence-corrected chi connectivity index (χ2v) is 4.84. The van der Waals surface area contributed by atoms with E-state index in [-0.39, 0.29) is 10.6 Å². The zero-order chi connectivity index (χ0) is 13.7. The first-order chi connectivity index (χ1) is 9.20. The molecule has 0 aliphatic heterocycles. The van der Waals surface area contributed by atoms with Gasteiger partial charge in [-0.2, -0.15) is 0 Å². The zero-order valence-electron chi connectivity index (χ0n) is 10.2. The molecule has 7 heteroatoms. The number of aryl methyl sites for hydroxylation is 3. The quantitative estimate of drug-likeness (QED) is 0.464. The summed E-state index contributed by atoms with van der Waals surface area (Å²) in [5.74, 6) is 0. The lowest BCUT2D eigenvalue weighted by Crippen LogP contribution is -2.04. The minimum absolute atomic E-state index is 0.156. The highest BCUT2D eigenvalue weighted by Gasteiger charge is 2.12. The van der Waals surface area contributed by atoms with Crippen LogP contribution in [0.25, 0.3) is 0 Å². The van der Waals surface area contributed by atoms with Crippen LogP contribution in [0.1, 0.15) is 11.3 Å². The summed E-state index contributed by atoms with van der Waals surface area (Å²) in [4.78, 5) is 10.5. The lowest BCUT2D eigenvalue weighted by Gasteiger charge is -2.02. The highest BCUT2D eigenvalue weighted by molar-refractivity contribution is 9.09. The van der Waals surface area contributed by atoms with E-state index in [1.165, 1.54) is 6.07 Å². The number of para-hydroxylation sites is 1. The number of hydrogen-bond donors (Lipinski definition) is 0. The monoisotopic (exact) mass is 324 g/mol. The minimum atomic E-state index is -0.354. The van der Waals surface area contributed by atoms with Gasteiger partial charge in [0.2, 0.25) is 0 Å². The van der Waals surface area contributed by atoms with Gasteiger partial charge in [0.25, 0.3) is 5.69 Å². The highest BCUT2D eigenvalue weighted by atomic mass is 79.9. The van der Waals surface area contributed by atoms with E-state index in [1.54, 1.807) is 22.9 Å². The van der Waals surface area contributed by atoms with E-state index >= 15 is 0 Å². The largest absolute Gasteiger partial charge is 0.272 e. The molecule has 0 atom stereocenters. The number of alkyl halides is 1. The Hall–Kier alpha value is -1.76. The fraction of sp³-hybridized carbons (Fsp3) is 0.333. The molecule has 0 spiro atoms. The van der Waals surface area contributed by atoms with Gasteiger partial charge >= 0.3 is 0 Å². The molecule has 0 aliphatic carbocycles. The predicted octanol–water partition coefficient (Wildman–Crippen LogP) is 2.37. The number of rotatable bonds is 6. The van der Waals surface area contributed by atoms with Gasteiger partial charge in [0, 0.05) is 36.1 Å². The number of nitro groups is 1. The molecule has 0 amide bonds. The Balaban J connectivity index is 2.03. The van der Waals surface area contributed by atoms with Crippen molar-refractivity contribution >= 4 is 21.6 Å². The van der Waals surface area contributed by atoms with E-state index in [1.807, 2.05) is 6.20 Å². The van der Waals surface area contributed by atoms with Gasteiger partial charge in [0.1, 0.15) is 0 Å². The van der Waals surface area contributed by atoms with E-state index < -0.39 is 0 Å². The van der Waals surface area contributed by atoms with Crippen molar-refractivity contribution in [3.05, 3.63) is 51.8 Å². The van der Waals surface area contributed by atoms with Gasteiger partial charge in [-0.25, -0.2) is 0 Å². The second kappa shape index (κ2) is 6.42. The fourth-order valence-corrected chi connectivity index (χ4v) is 2.20. The van der Waals surface area contributed by atoms with Crippen molar-refractivity contribution in [2.24, 2.45) is 0 Å². The van der Waals surface area contributed by atoms with Gasteiger partial charge in [-0.3, -0.25) is 14.8 Å². The Morgan fingerprint density at radius 3 is 2.84 bits per heavy atom. The average Bonchev–Trinajstić information content (AvgIpc) is 2.85. The zero-order valence-corrected chi connectivity index (χ0v) is 11.8. The van der Waals surface area contributed by atoms with E-state index in [4.69, 9.17) is 0 Å². The summed E-state index contributed by atoms with van der Waals surface area (Å²) >= 11 is 3.34. The van der Waals surface area contributed by atoms with Crippen LogP contribution < -0.4 is 0 Å². The molecular formula is C12H13BrN4O2. The Labute approximate surface area is 118 Å². The van der Waals surface area contributed by atoms with Gasteiger partial charge in [-0.1, -0.05) is 39.3 Å². The molecule has 0 unspecified atom stereocenters. The van der Waals surface area contributed by atoms with Crippen molar-refractivity contribution in [3.63, 3.8) is 0 Å². The lowest BCUT2D eigenvalue weighted by atomic mass is 10.1. The summed E-state index contributed by atoms with van der Waals surface area (Å²) in [5.41, 5.74) is 1.78. The number of halogens is 1. The minimum Gasteiger partial charge on any atom is -0.258 e. The molecule has 2 rings (SSSR count). The molecular weight excluding hydrogens is 312 g/mol. The van der Waals surface area contributed by atoms with Crippen LogP contribution in [0.5, 0.6) is 0 Å². The summed E-state index contributed by atoms with van der Waals surface area (Å²) in [6, 6.07) is 6.77. The molecule has 0 aliphatic rings. The number of nitrogens with zero attached hydrogens (tertiary/aromatic N) is 4. The molecule has 0 bridgehead atoms. The van der Waals surface area contributed by atoms with Crippen molar-refractivity contribution in [1.29, 1.82) is 0 Å². The third kappa shape index (κ3) is 3.60. The van der Waals surface area contributed by atoms with E-state index in [0.29, 0.717) is 18.5 Å². The van der Waals surface area contributed by atoms with Crippen LogP contribution in [-0.4, -0.2) is 25.2 Å². The lowest BCUT2D eigenvalue weighted by molar-refractivity contribution is -0.385. The standard InChI is InChI=1S/C12H13BrN4O2/c13-7-5-11-9-16(15-14-11)8-6-10-3-1-2-4-12(10)17(18)19/h1-4,9H,5-8H2. The molecule has 100 valence electrons. The summed E-state index contributed by atoms with van der Waals surface area (Å²) in [6.45, 7) is 0.583. The first kappa shape index (κ1) is 13.7. The Morgan fingerprint density at radius 1 is 1.32 bits per heavy atom. The Morgan fingerprint density at radius 2 is 2.11 bits per heavy atom. The smallest absolute Gasteiger partial charge is 0.258 e. The molecule has 1 heterocycles. The van der Waals surface area contributed by atoms with Crippen LogP contribution in [0.15, 0.2) is 30.5 Å². The van der Waals surface area contributed by atoms with Crippen LogP contribution in [0.2, 0.25) is 0 Å². The molecule has 1 aromatic heterocycles. The SMILES string of the molecule is O=[N+]([O-])c1ccccc1CCn1cc(CCBr)nn1. The molecule has 1 aromatic carbocycles. The summed E-state index contributed by atoms with van der Waals surface area (Å²) in [6.07, 6.45) is 3.26. The van der Waals surface area contributed by atoms with Crippen molar-refractivity contribution in [3.8, 4) is 0 Å². The van der Waals surface area contributed by atoms with Crippen LogP contribution in [0, 0.1) is 10.1 Å². The van der Waals surface area contributed by atoms with Gasteiger partial charge < -0.3 is 0 Å². The second-order valence-electron chi connectivity index (χ2n) is 4.05. The van der Waals surface area contributed by atoms with Gasteiger partial charge in [0.05, 0.1) is 10.6 Å². The van der Waals surface area contributed by atoms with Gasteiger partial charge in [0.15, 0.2) is 0 Å². The third-order valence-electron chi connectivity index (χ3n) is 2.74. The maximum atomic E-state index is 10.9. The van der Waals surface area contributed by atoms with Crippen molar-refractivity contribution in [1.82, 2.24) is 15.0 Å². The highest BCUT2D eigenvalue weighted by Crippen LogP contribution is 2.18. The fourth-order valence-electron chi connectivity index (χ4n) is 1.79. The van der Waals surface area contributed by atoms with Crippen LogP contribution in [-0.2, 0) is 19.4 Å². The van der Waals surface area contributed by atoms with Gasteiger partial charge in [-0.15, -0.1) is 5.10 Å². The first-order valence-corrected chi connectivity index (χ1v) is 7.00. The van der Waals surface area contributed by atoms with E-state index in [2.05, 4.69) is 26.2 Å². The van der Waals surface area contributed by atoms with Crippen LogP contribution in [0.4, 0.5) is 5.69 Å².